The third kappa shape index (κ3) is 2.08. The van der Waals surface area contributed by atoms with E-state index in [2.05, 4.69) is 10.3 Å². The molecule has 19 heavy (non-hydrogen) atoms. The monoisotopic (exact) mass is 277 g/mol. The summed E-state index contributed by atoms with van der Waals surface area (Å²) in [6, 6.07) is 5.85. The molecule has 1 aromatic carbocycles. The maximum atomic E-state index is 13.0. The van der Waals surface area contributed by atoms with Crippen LogP contribution in [0.2, 0.25) is 5.02 Å². The second-order valence-corrected chi connectivity index (χ2v) is 4.37. The van der Waals surface area contributed by atoms with Crippen LogP contribution in [0.1, 0.15) is 0 Å². The zero-order valence-electron chi connectivity index (χ0n) is 9.65. The standard InChI is InChI=1S/C13H9ClFN3O/c14-9-5-7(15)1-2-10(9)18-12-8-3-4-17-6-11(8)19-13(12)16/h1-6,18H,16H2. The van der Waals surface area contributed by atoms with Crippen LogP contribution in [-0.4, -0.2) is 4.98 Å². The van der Waals surface area contributed by atoms with Gasteiger partial charge in [-0.15, -0.1) is 0 Å². The molecule has 0 fully saturated rings. The van der Waals surface area contributed by atoms with E-state index in [1.165, 1.54) is 18.2 Å². The smallest absolute Gasteiger partial charge is 0.215 e. The summed E-state index contributed by atoms with van der Waals surface area (Å²) in [4.78, 5) is 3.95. The van der Waals surface area contributed by atoms with Crippen LogP contribution in [0.15, 0.2) is 41.1 Å². The minimum Gasteiger partial charge on any atom is -0.437 e. The predicted molar refractivity (Wildman–Crippen MR) is 73.1 cm³/mol. The van der Waals surface area contributed by atoms with E-state index in [1.54, 1.807) is 18.5 Å². The lowest BCUT2D eigenvalue weighted by atomic mass is 10.2. The molecule has 0 aliphatic rings. The van der Waals surface area contributed by atoms with Gasteiger partial charge in [-0.3, -0.25) is 4.98 Å². The van der Waals surface area contributed by atoms with Gasteiger partial charge in [-0.2, -0.15) is 0 Å². The van der Waals surface area contributed by atoms with E-state index in [-0.39, 0.29) is 10.9 Å². The molecule has 0 aliphatic heterocycles. The Labute approximate surface area is 113 Å². The number of fused-ring (bicyclic) bond motifs is 1. The number of nitrogens with one attached hydrogen (secondary N) is 1. The van der Waals surface area contributed by atoms with Gasteiger partial charge >= 0.3 is 0 Å². The molecular weight excluding hydrogens is 269 g/mol. The third-order valence-electron chi connectivity index (χ3n) is 2.71. The van der Waals surface area contributed by atoms with E-state index in [0.29, 0.717) is 17.0 Å². The largest absolute Gasteiger partial charge is 0.437 e. The van der Waals surface area contributed by atoms with Gasteiger partial charge in [-0.25, -0.2) is 4.39 Å². The maximum absolute atomic E-state index is 13.0. The lowest BCUT2D eigenvalue weighted by molar-refractivity contribution is 0.628. The molecule has 0 aliphatic carbocycles. The molecule has 0 saturated carbocycles. The molecule has 0 amide bonds. The summed E-state index contributed by atoms with van der Waals surface area (Å²) < 4.78 is 18.4. The molecule has 0 spiro atoms. The molecule has 96 valence electrons. The Morgan fingerprint density at radius 2 is 2.16 bits per heavy atom. The number of hydrogen-bond acceptors (Lipinski definition) is 4. The van der Waals surface area contributed by atoms with Crippen molar-refractivity contribution >= 4 is 39.8 Å². The second kappa shape index (κ2) is 4.44. The molecule has 0 unspecified atom stereocenters. The average Bonchev–Trinajstić information content (AvgIpc) is 2.69. The van der Waals surface area contributed by atoms with Crippen molar-refractivity contribution in [1.82, 2.24) is 4.98 Å². The van der Waals surface area contributed by atoms with Crippen molar-refractivity contribution in [3.05, 3.63) is 47.5 Å². The molecule has 6 heteroatoms. The number of benzene rings is 1. The van der Waals surface area contributed by atoms with Gasteiger partial charge in [0, 0.05) is 11.6 Å². The predicted octanol–water partition coefficient (Wildman–Crippen LogP) is 3.95. The first-order chi connectivity index (χ1) is 9.15. The number of nitrogen functional groups attached to an aromatic ring is 1. The first-order valence-electron chi connectivity index (χ1n) is 5.49. The minimum absolute atomic E-state index is 0.225. The highest BCUT2D eigenvalue weighted by atomic mass is 35.5. The van der Waals surface area contributed by atoms with Gasteiger partial charge in [0.15, 0.2) is 5.58 Å². The number of nitrogens with zero attached hydrogens (tertiary/aromatic N) is 1. The van der Waals surface area contributed by atoms with E-state index in [1.807, 2.05) is 0 Å². The highest BCUT2D eigenvalue weighted by Gasteiger charge is 2.13. The lowest BCUT2D eigenvalue weighted by Crippen LogP contribution is -1.94. The SMILES string of the molecule is Nc1oc2cnccc2c1Nc1ccc(F)cc1Cl. The van der Waals surface area contributed by atoms with Crippen molar-refractivity contribution in [3.8, 4) is 0 Å². The summed E-state index contributed by atoms with van der Waals surface area (Å²) in [6.07, 6.45) is 3.21. The number of furan rings is 1. The van der Waals surface area contributed by atoms with Crippen LogP contribution >= 0.6 is 11.6 Å². The van der Waals surface area contributed by atoms with E-state index < -0.39 is 5.82 Å². The Hall–Kier alpha value is -2.27. The molecule has 0 bridgehead atoms. The molecule has 0 radical (unpaired) electrons. The lowest BCUT2D eigenvalue weighted by Gasteiger charge is -2.07. The first kappa shape index (κ1) is 11.8. The van der Waals surface area contributed by atoms with Crippen molar-refractivity contribution in [2.45, 2.75) is 0 Å². The van der Waals surface area contributed by atoms with Gasteiger partial charge in [-0.1, -0.05) is 11.6 Å². The second-order valence-electron chi connectivity index (χ2n) is 3.96. The van der Waals surface area contributed by atoms with Gasteiger partial charge in [0.25, 0.3) is 0 Å². The van der Waals surface area contributed by atoms with Crippen LogP contribution in [0.3, 0.4) is 0 Å². The zero-order chi connectivity index (χ0) is 13.4. The highest BCUT2D eigenvalue weighted by molar-refractivity contribution is 6.33. The van der Waals surface area contributed by atoms with Crippen LogP contribution < -0.4 is 11.1 Å². The van der Waals surface area contributed by atoms with Crippen LogP contribution in [0, 0.1) is 5.82 Å². The number of hydrogen-bond donors (Lipinski definition) is 2. The van der Waals surface area contributed by atoms with Crippen molar-refractivity contribution in [2.24, 2.45) is 0 Å². The molecule has 2 aromatic heterocycles. The van der Waals surface area contributed by atoms with Crippen molar-refractivity contribution < 1.29 is 8.81 Å². The Morgan fingerprint density at radius 3 is 2.95 bits per heavy atom. The molecule has 3 rings (SSSR count). The van der Waals surface area contributed by atoms with Crippen molar-refractivity contribution in [3.63, 3.8) is 0 Å². The van der Waals surface area contributed by atoms with Crippen LogP contribution in [0.4, 0.5) is 21.6 Å². The quantitative estimate of drug-likeness (QED) is 0.744. The summed E-state index contributed by atoms with van der Waals surface area (Å²) in [5, 5.41) is 4.10. The van der Waals surface area contributed by atoms with Gasteiger partial charge in [0.1, 0.15) is 11.5 Å². The number of rotatable bonds is 2. The number of halogens is 2. The fourth-order valence-electron chi connectivity index (χ4n) is 1.82. The summed E-state index contributed by atoms with van der Waals surface area (Å²) in [6.45, 7) is 0. The third-order valence-corrected chi connectivity index (χ3v) is 3.02. The topological polar surface area (TPSA) is 64.1 Å². The van der Waals surface area contributed by atoms with Crippen molar-refractivity contribution in [2.75, 3.05) is 11.1 Å². The van der Waals surface area contributed by atoms with Gasteiger partial charge in [-0.05, 0) is 24.3 Å². The summed E-state index contributed by atoms with van der Waals surface area (Å²) in [5.41, 5.74) is 7.52. The molecular formula is C13H9ClFN3O. The van der Waals surface area contributed by atoms with Gasteiger partial charge < -0.3 is 15.5 Å². The number of pyridine rings is 1. The van der Waals surface area contributed by atoms with E-state index >= 15 is 0 Å². The zero-order valence-corrected chi connectivity index (χ0v) is 10.4. The molecule has 0 saturated heterocycles. The minimum atomic E-state index is -0.398. The normalized spacial score (nSPS) is 10.8. The van der Waals surface area contributed by atoms with E-state index in [9.17, 15) is 4.39 Å². The number of aromatic nitrogens is 1. The van der Waals surface area contributed by atoms with Crippen molar-refractivity contribution in [1.29, 1.82) is 0 Å². The maximum Gasteiger partial charge on any atom is 0.215 e. The number of anilines is 3. The fraction of sp³-hybridized carbons (Fsp3) is 0. The highest BCUT2D eigenvalue weighted by Crippen LogP contribution is 2.36. The van der Waals surface area contributed by atoms with Crippen LogP contribution in [0.25, 0.3) is 11.0 Å². The Morgan fingerprint density at radius 1 is 1.32 bits per heavy atom. The number of nitrogens with two attached hydrogens (primary N) is 1. The summed E-state index contributed by atoms with van der Waals surface area (Å²) >= 11 is 5.96. The molecule has 3 N–H and O–H groups in total. The Bertz CT molecular complexity index is 757. The average molecular weight is 278 g/mol. The fourth-order valence-corrected chi connectivity index (χ4v) is 2.04. The molecule has 3 aromatic rings. The molecule has 2 heterocycles. The summed E-state index contributed by atoms with van der Waals surface area (Å²) in [5.74, 6) is -0.173. The molecule has 4 nitrogen and oxygen atoms in total. The van der Waals surface area contributed by atoms with Crippen LogP contribution in [-0.2, 0) is 0 Å². The van der Waals surface area contributed by atoms with E-state index in [4.69, 9.17) is 21.8 Å². The Kier molecular flexibility index (Phi) is 2.76. The van der Waals surface area contributed by atoms with Gasteiger partial charge in [0.05, 0.1) is 16.9 Å². The van der Waals surface area contributed by atoms with Crippen LogP contribution in [0.5, 0.6) is 0 Å². The van der Waals surface area contributed by atoms with E-state index in [0.717, 1.165) is 5.39 Å². The summed E-state index contributed by atoms with van der Waals surface area (Å²) in [7, 11) is 0. The van der Waals surface area contributed by atoms with Gasteiger partial charge in [0.2, 0.25) is 5.88 Å². The first-order valence-corrected chi connectivity index (χ1v) is 5.87. The molecule has 0 atom stereocenters. The Balaban J connectivity index is 2.08.